The van der Waals surface area contributed by atoms with Gasteiger partial charge in [-0.05, 0) is 72.2 Å². The minimum atomic E-state index is -0.301. The molecule has 1 heterocycles. The third kappa shape index (κ3) is 5.65. The second-order valence-electron chi connectivity index (χ2n) is 7.29. The van der Waals surface area contributed by atoms with Crippen molar-refractivity contribution in [3.05, 3.63) is 101 Å². The molecule has 0 unspecified atom stereocenters. The van der Waals surface area contributed by atoms with E-state index in [0.29, 0.717) is 16.3 Å². The molecule has 3 rings (SSSR count). The number of nitrogens with zero attached hydrogens (tertiary/aromatic N) is 1. The van der Waals surface area contributed by atoms with Crippen LogP contribution in [0.2, 0.25) is 5.02 Å². The number of benzene rings is 2. The molecule has 0 radical (unpaired) electrons. The molecule has 0 spiro atoms. The summed E-state index contributed by atoms with van der Waals surface area (Å²) < 4.78 is 0. The first kappa shape index (κ1) is 21.5. The first-order valence-electron chi connectivity index (χ1n) is 9.74. The summed E-state index contributed by atoms with van der Waals surface area (Å²) in [6.07, 6.45) is 4.85. The number of amides is 1. The summed E-state index contributed by atoms with van der Waals surface area (Å²) in [4.78, 5) is 29.4. The molecule has 3 aromatic rings. The molecule has 4 nitrogen and oxygen atoms in total. The number of ketones is 1. The number of carbonyl (C=O) groups is 2. The maximum Gasteiger partial charge on any atom is 0.232 e. The highest BCUT2D eigenvalue weighted by Gasteiger charge is 2.24. The number of rotatable bonds is 7. The van der Waals surface area contributed by atoms with Crippen molar-refractivity contribution < 1.29 is 9.59 Å². The van der Waals surface area contributed by atoms with Crippen molar-refractivity contribution >= 4 is 35.1 Å². The van der Waals surface area contributed by atoms with Gasteiger partial charge >= 0.3 is 0 Å². The Morgan fingerprint density at radius 3 is 2.27 bits per heavy atom. The fourth-order valence-corrected chi connectivity index (χ4v) is 3.30. The van der Waals surface area contributed by atoms with Crippen molar-refractivity contribution in [2.24, 2.45) is 5.92 Å². The number of hydrogen-bond donors (Lipinski definition) is 1. The van der Waals surface area contributed by atoms with Crippen LogP contribution in [0.5, 0.6) is 0 Å². The summed E-state index contributed by atoms with van der Waals surface area (Å²) in [7, 11) is 0. The highest BCUT2D eigenvalue weighted by molar-refractivity contribution is 6.30. The smallest absolute Gasteiger partial charge is 0.232 e. The summed E-state index contributed by atoms with van der Waals surface area (Å²) in [5.41, 5.74) is 2.82. The number of halogens is 1. The van der Waals surface area contributed by atoms with Gasteiger partial charge in [0.2, 0.25) is 5.91 Å². The van der Waals surface area contributed by atoms with Crippen molar-refractivity contribution in [1.82, 2.24) is 4.98 Å². The summed E-state index contributed by atoms with van der Waals surface area (Å²) >= 11 is 5.97. The monoisotopic (exact) mass is 418 g/mol. The normalized spacial score (nSPS) is 12.1. The largest absolute Gasteiger partial charge is 0.326 e. The minimum absolute atomic E-state index is 0.0959. The maximum absolute atomic E-state index is 12.9. The van der Waals surface area contributed by atoms with Crippen molar-refractivity contribution in [3.8, 4) is 0 Å². The van der Waals surface area contributed by atoms with E-state index in [2.05, 4.69) is 10.3 Å². The SMILES string of the molecule is CC(C)[C@H](C(=O)Nc1ccc(C(=O)/C=C/c2ccccn2)cc1)c1ccc(Cl)cc1. The van der Waals surface area contributed by atoms with Gasteiger partial charge in [0.1, 0.15) is 0 Å². The van der Waals surface area contributed by atoms with E-state index >= 15 is 0 Å². The standard InChI is InChI=1S/C25H23ClN2O2/c1-17(2)24(19-6-10-20(26)11-7-19)25(30)28-22-12-8-18(9-13-22)23(29)15-14-21-5-3-4-16-27-21/h3-17,24H,1-2H3,(H,28,30)/b15-14+/t24-/m0/s1. The molecular weight excluding hydrogens is 396 g/mol. The van der Waals surface area contributed by atoms with Gasteiger partial charge in [-0.3, -0.25) is 14.6 Å². The number of aromatic nitrogens is 1. The second kappa shape index (κ2) is 9.99. The Labute approximate surface area is 181 Å². The zero-order valence-electron chi connectivity index (χ0n) is 16.9. The number of hydrogen-bond acceptors (Lipinski definition) is 3. The molecule has 1 amide bonds. The number of anilines is 1. The third-order valence-corrected chi connectivity index (χ3v) is 4.96. The van der Waals surface area contributed by atoms with E-state index in [9.17, 15) is 9.59 Å². The zero-order valence-corrected chi connectivity index (χ0v) is 17.6. The number of pyridine rings is 1. The number of nitrogens with one attached hydrogen (secondary N) is 1. The van der Waals surface area contributed by atoms with Gasteiger partial charge in [0.05, 0.1) is 11.6 Å². The first-order valence-corrected chi connectivity index (χ1v) is 10.1. The fraction of sp³-hybridized carbons (Fsp3) is 0.160. The topological polar surface area (TPSA) is 59.1 Å². The van der Waals surface area contributed by atoms with Gasteiger partial charge in [-0.25, -0.2) is 0 Å². The van der Waals surface area contributed by atoms with Crippen LogP contribution in [0.25, 0.3) is 6.08 Å². The molecule has 0 fully saturated rings. The lowest BCUT2D eigenvalue weighted by Gasteiger charge is -2.21. The van der Waals surface area contributed by atoms with Crippen LogP contribution in [0.4, 0.5) is 5.69 Å². The lowest BCUT2D eigenvalue weighted by Crippen LogP contribution is -2.25. The lowest BCUT2D eigenvalue weighted by atomic mass is 9.87. The van der Waals surface area contributed by atoms with E-state index in [1.165, 1.54) is 6.08 Å². The van der Waals surface area contributed by atoms with Gasteiger partial charge in [-0.15, -0.1) is 0 Å². The van der Waals surface area contributed by atoms with Crippen molar-refractivity contribution in [2.75, 3.05) is 5.32 Å². The molecule has 152 valence electrons. The van der Waals surface area contributed by atoms with Crippen molar-refractivity contribution in [2.45, 2.75) is 19.8 Å². The zero-order chi connectivity index (χ0) is 21.5. The number of allylic oxidation sites excluding steroid dienone is 1. The molecule has 30 heavy (non-hydrogen) atoms. The molecule has 0 saturated carbocycles. The van der Waals surface area contributed by atoms with E-state index in [1.54, 1.807) is 48.7 Å². The molecule has 1 N–H and O–H groups in total. The molecule has 0 bridgehead atoms. The van der Waals surface area contributed by atoms with Crippen molar-refractivity contribution in [1.29, 1.82) is 0 Å². The fourth-order valence-electron chi connectivity index (χ4n) is 3.18. The van der Waals surface area contributed by atoms with Crippen LogP contribution in [0.1, 0.15) is 41.4 Å². The summed E-state index contributed by atoms with van der Waals surface area (Å²) in [5, 5.41) is 3.59. The Hall–Kier alpha value is -3.24. The molecule has 5 heteroatoms. The van der Waals surface area contributed by atoms with E-state index < -0.39 is 0 Å². The van der Waals surface area contributed by atoms with Crippen LogP contribution in [0.3, 0.4) is 0 Å². The predicted molar refractivity (Wildman–Crippen MR) is 122 cm³/mol. The Kier molecular flexibility index (Phi) is 7.15. The minimum Gasteiger partial charge on any atom is -0.326 e. The average molecular weight is 419 g/mol. The van der Waals surface area contributed by atoms with Gasteiger partial charge in [0, 0.05) is 22.5 Å². The van der Waals surface area contributed by atoms with Crippen molar-refractivity contribution in [3.63, 3.8) is 0 Å². The van der Waals surface area contributed by atoms with Crippen LogP contribution in [-0.4, -0.2) is 16.7 Å². The molecule has 0 aliphatic heterocycles. The quantitative estimate of drug-likeness (QED) is 0.377. The van der Waals surface area contributed by atoms with Gasteiger partial charge in [-0.2, -0.15) is 0 Å². The van der Waals surface area contributed by atoms with Crippen LogP contribution < -0.4 is 5.32 Å². The van der Waals surface area contributed by atoms with Gasteiger partial charge in [0.15, 0.2) is 5.78 Å². The van der Waals surface area contributed by atoms with E-state index in [1.807, 2.05) is 44.2 Å². The first-order chi connectivity index (χ1) is 14.4. The van der Waals surface area contributed by atoms with Crippen LogP contribution in [-0.2, 0) is 4.79 Å². The highest BCUT2D eigenvalue weighted by atomic mass is 35.5. The lowest BCUT2D eigenvalue weighted by molar-refractivity contribution is -0.118. The third-order valence-electron chi connectivity index (χ3n) is 4.71. The molecule has 1 atom stereocenters. The Morgan fingerprint density at radius 1 is 0.967 bits per heavy atom. The second-order valence-corrected chi connectivity index (χ2v) is 7.73. The Balaban J connectivity index is 1.68. The van der Waals surface area contributed by atoms with E-state index in [-0.39, 0.29) is 23.5 Å². The highest BCUT2D eigenvalue weighted by Crippen LogP contribution is 2.27. The summed E-state index contributed by atoms with van der Waals surface area (Å²) in [6, 6.07) is 19.7. The van der Waals surface area contributed by atoms with Gasteiger partial charge in [0.25, 0.3) is 0 Å². The molecular formula is C25H23ClN2O2. The average Bonchev–Trinajstić information content (AvgIpc) is 2.74. The van der Waals surface area contributed by atoms with E-state index in [0.717, 1.165) is 11.3 Å². The predicted octanol–water partition coefficient (Wildman–Crippen LogP) is 6.01. The van der Waals surface area contributed by atoms with Crippen LogP contribution >= 0.6 is 11.6 Å². The van der Waals surface area contributed by atoms with Gasteiger partial charge in [-0.1, -0.05) is 43.6 Å². The van der Waals surface area contributed by atoms with E-state index in [4.69, 9.17) is 11.6 Å². The van der Waals surface area contributed by atoms with Crippen LogP contribution in [0.15, 0.2) is 79.0 Å². The summed E-state index contributed by atoms with van der Waals surface area (Å²) in [5.74, 6) is -0.408. The molecule has 2 aromatic carbocycles. The van der Waals surface area contributed by atoms with Crippen LogP contribution in [0, 0.1) is 5.92 Å². The number of carbonyl (C=O) groups excluding carboxylic acids is 2. The maximum atomic E-state index is 12.9. The molecule has 0 aliphatic rings. The summed E-state index contributed by atoms with van der Waals surface area (Å²) in [6.45, 7) is 4.02. The Morgan fingerprint density at radius 2 is 1.67 bits per heavy atom. The van der Waals surface area contributed by atoms with Gasteiger partial charge < -0.3 is 5.32 Å². The Bertz CT molecular complexity index is 1030. The molecule has 0 saturated heterocycles. The molecule has 0 aliphatic carbocycles. The molecule has 1 aromatic heterocycles.